The molecular formula is C21H33NO3. The van der Waals surface area contributed by atoms with Gasteiger partial charge in [0.15, 0.2) is 0 Å². The van der Waals surface area contributed by atoms with E-state index in [1.807, 2.05) is 6.92 Å². The van der Waals surface area contributed by atoms with Crippen molar-refractivity contribution in [1.29, 1.82) is 0 Å². The summed E-state index contributed by atoms with van der Waals surface area (Å²) in [6, 6.07) is 0. The lowest BCUT2D eigenvalue weighted by molar-refractivity contribution is -0.120. The normalized spacial score (nSPS) is 52.8. The molecule has 0 aromatic rings. The summed E-state index contributed by atoms with van der Waals surface area (Å²) in [5.41, 5.74) is 2.29. The molecule has 3 fully saturated rings. The predicted molar refractivity (Wildman–Crippen MR) is 97.5 cm³/mol. The predicted octanol–water partition coefficient (Wildman–Crippen LogP) is 3.75. The van der Waals surface area contributed by atoms with Crippen LogP contribution in [0.4, 0.5) is 0 Å². The van der Waals surface area contributed by atoms with Gasteiger partial charge in [-0.05, 0) is 80.5 Å². The number of rotatable bonds is 1. The monoisotopic (exact) mass is 347 g/mol. The molecule has 8 atom stereocenters. The Labute approximate surface area is 151 Å². The largest absolute Gasteiger partial charge is 0.411 e. The lowest BCUT2D eigenvalue weighted by Gasteiger charge is -2.59. The molecule has 140 valence electrons. The van der Waals surface area contributed by atoms with Gasteiger partial charge in [-0.15, -0.1) is 0 Å². The van der Waals surface area contributed by atoms with Gasteiger partial charge < -0.3 is 15.4 Å². The van der Waals surface area contributed by atoms with Crippen LogP contribution in [0.15, 0.2) is 16.8 Å². The highest BCUT2D eigenvalue weighted by Gasteiger charge is 2.61. The highest BCUT2D eigenvalue weighted by atomic mass is 16.4. The first-order valence-electron chi connectivity index (χ1n) is 10.1. The van der Waals surface area contributed by atoms with Crippen LogP contribution in [0.25, 0.3) is 0 Å². The minimum Gasteiger partial charge on any atom is -0.411 e. The number of nitrogens with zero attached hydrogens (tertiary/aromatic N) is 1. The van der Waals surface area contributed by atoms with Gasteiger partial charge in [0.05, 0.1) is 17.9 Å². The molecule has 0 heterocycles. The quantitative estimate of drug-likeness (QED) is 0.293. The molecule has 0 radical (unpaired) electrons. The van der Waals surface area contributed by atoms with Crippen molar-refractivity contribution >= 4 is 5.71 Å². The number of aliphatic hydroxyl groups is 2. The zero-order valence-corrected chi connectivity index (χ0v) is 15.8. The van der Waals surface area contributed by atoms with Crippen LogP contribution in [-0.4, -0.2) is 33.3 Å². The molecule has 4 heteroatoms. The molecule has 0 aromatic carbocycles. The Kier molecular flexibility index (Phi) is 4.08. The van der Waals surface area contributed by atoms with Gasteiger partial charge in [0.25, 0.3) is 0 Å². The van der Waals surface area contributed by atoms with E-state index in [-0.39, 0.29) is 29.0 Å². The number of hydrogen-bond acceptors (Lipinski definition) is 4. The summed E-state index contributed by atoms with van der Waals surface area (Å²) in [4.78, 5) is 0. The molecule has 0 bridgehead atoms. The van der Waals surface area contributed by atoms with E-state index in [1.165, 1.54) is 12.0 Å². The molecule has 3 N–H and O–H groups in total. The number of oxime groups is 1. The van der Waals surface area contributed by atoms with Gasteiger partial charge >= 0.3 is 0 Å². The molecule has 0 aromatic heterocycles. The topological polar surface area (TPSA) is 73.1 Å². The van der Waals surface area contributed by atoms with Crippen molar-refractivity contribution in [3.05, 3.63) is 11.6 Å². The molecule has 0 amide bonds. The number of fused-ring (bicyclic) bond motifs is 5. The van der Waals surface area contributed by atoms with Crippen LogP contribution in [0.1, 0.15) is 65.7 Å². The Morgan fingerprint density at radius 3 is 2.68 bits per heavy atom. The summed E-state index contributed by atoms with van der Waals surface area (Å²) in [5, 5.41) is 34.2. The zero-order valence-electron chi connectivity index (χ0n) is 15.8. The second kappa shape index (κ2) is 5.82. The fourth-order valence-corrected chi connectivity index (χ4v) is 7.53. The number of hydrogen-bond donors (Lipinski definition) is 3. The van der Waals surface area contributed by atoms with Crippen molar-refractivity contribution in [2.45, 2.75) is 77.9 Å². The second-order valence-electron chi connectivity index (χ2n) is 9.72. The summed E-state index contributed by atoms with van der Waals surface area (Å²) in [5.74, 6) is 1.69. The molecule has 0 spiro atoms. The molecule has 4 nitrogen and oxygen atoms in total. The fourth-order valence-electron chi connectivity index (χ4n) is 7.53. The Bertz CT molecular complexity index is 614. The minimum absolute atomic E-state index is 0.0345. The Hall–Kier alpha value is -0.870. The van der Waals surface area contributed by atoms with Crippen LogP contribution < -0.4 is 0 Å². The number of aliphatic hydroxyl groups excluding tert-OH is 2. The Morgan fingerprint density at radius 2 is 1.96 bits per heavy atom. The SMILES string of the molecule is C/C(=N\O)C1CCC2C3CC=C4C[C@@H](O)CCC4(C)C3C(O)CC12C. The van der Waals surface area contributed by atoms with Gasteiger partial charge in [-0.2, -0.15) is 0 Å². The van der Waals surface area contributed by atoms with Gasteiger partial charge in [0.2, 0.25) is 0 Å². The van der Waals surface area contributed by atoms with E-state index in [2.05, 4.69) is 25.1 Å². The minimum atomic E-state index is -0.303. The van der Waals surface area contributed by atoms with E-state index in [9.17, 15) is 15.4 Å². The van der Waals surface area contributed by atoms with Crippen molar-refractivity contribution in [2.75, 3.05) is 0 Å². The Morgan fingerprint density at radius 1 is 1.20 bits per heavy atom. The van der Waals surface area contributed by atoms with E-state index in [1.54, 1.807) is 0 Å². The van der Waals surface area contributed by atoms with Gasteiger partial charge in [0.1, 0.15) is 0 Å². The van der Waals surface area contributed by atoms with Gasteiger partial charge in [-0.3, -0.25) is 0 Å². The Balaban J connectivity index is 1.71. The van der Waals surface area contributed by atoms with Crippen LogP contribution in [0.5, 0.6) is 0 Å². The molecule has 4 rings (SSSR count). The van der Waals surface area contributed by atoms with Crippen molar-refractivity contribution < 1.29 is 15.4 Å². The average Bonchev–Trinajstić information content (AvgIpc) is 2.91. The third kappa shape index (κ3) is 2.36. The summed E-state index contributed by atoms with van der Waals surface area (Å²) in [6.45, 7) is 6.58. The summed E-state index contributed by atoms with van der Waals surface area (Å²) < 4.78 is 0. The molecule has 7 unspecified atom stereocenters. The first-order valence-corrected chi connectivity index (χ1v) is 10.1. The summed E-state index contributed by atoms with van der Waals surface area (Å²) in [7, 11) is 0. The average molecular weight is 347 g/mol. The van der Waals surface area contributed by atoms with Crippen LogP contribution in [0.2, 0.25) is 0 Å². The standard InChI is InChI=1S/C21H33NO3/c1-12(22-25)16-6-7-17-15-5-4-13-10-14(23)8-9-20(13,2)19(15)18(24)11-21(16,17)3/h4,14-19,23-25H,5-11H2,1-3H3/b22-12+/t14-,15?,16?,17?,18?,19?,20?,21?/m0/s1. The smallest absolute Gasteiger partial charge is 0.0585 e. The maximum absolute atomic E-state index is 11.3. The molecule has 3 saturated carbocycles. The van der Waals surface area contributed by atoms with E-state index in [0.29, 0.717) is 17.8 Å². The maximum atomic E-state index is 11.3. The van der Waals surface area contributed by atoms with Crippen molar-refractivity contribution in [3.8, 4) is 0 Å². The maximum Gasteiger partial charge on any atom is 0.0585 e. The molecule has 25 heavy (non-hydrogen) atoms. The second-order valence-corrected chi connectivity index (χ2v) is 9.72. The van der Waals surface area contributed by atoms with Gasteiger partial charge in [-0.1, -0.05) is 30.7 Å². The third-order valence-corrected chi connectivity index (χ3v) is 8.67. The van der Waals surface area contributed by atoms with E-state index < -0.39 is 0 Å². The molecule has 4 aliphatic carbocycles. The molecular weight excluding hydrogens is 314 g/mol. The highest BCUT2D eigenvalue weighted by molar-refractivity contribution is 5.85. The van der Waals surface area contributed by atoms with Gasteiger partial charge in [-0.25, -0.2) is 0 Å². The van der Waals surface area contributed by atoms with Crippen LogP contribution >= 0.6 is 0 Å². The van der Waals surface area contributed by atoms with Crippen molar-refractivity contribution in [3.63, 3.8) is 0 Å². The fraction of sp³-hybridized carbons (Fsp3) is 0.857. The van der Waals surface area contributed by atoms with Gasteiger partial charge in [0, 0.05) is 5.92 Å². The molecule has 0 saturated heterocycles. The summed E-state index contributed by atoms with van der Waals surface area (Å²) in [6.07, 6.45) is 8.58. The number of allylic oxidation sites excluding steroid dienone is 1. The summed E-state index contributed by atoms with van der Waals surface area (Å²) >= 11 is 0. The van der Waals surface area contributed by atoms with Crippen molar-refractivity contribution in [1.82, 2.24) is 0 Å². The van der Waals surface area contributed by atoms with Crippen LogP contribution in [0.3, 0.4) is 0 Å². The first-order chi connectivity index (χ1) is 11.8. The third-order valence-electron chi connectivity index (χ3n) is 8.67. The lowest BCUT2D eigenvalue weighted by atomic mass is 9.46. The van der Waals surface area contributed by atoms with E-state index in [0.717, 1.165) is 44.2 Å². The van der Waals surface area contributed by atoms with E-state index in [4.69, 9.17) is 0 Å². The first kappa shape index (κ1) is 17.5. The lowest BCUT2D eigenvalue weighted by Crippen LogP contribution is -2.56. The van der Waals surface area contributed by atoms with E-state index >= 15 is 0 Å². The molecule has 4 aliphatic rings. The zero-order chi connectivity index (χ0) is 18.0. The van der Waals surface area contributed by atoms with Crippen LogP contribution in [-0.2, 0) is 0 Å². The highest BCUT2D eigenvalue weighted by Crippen LogP contribution is 2.66. The van der Waals surface area contributed by atoms with Crippen LogP contribution in [0, 0.1) is 34.5 Å². The molecule has 0 aliphatic heterocycles. The van der Waals surface area contributed by atoms with Crippen molar-refractivity contribution in [2.24, 2.45) is 39.7 Å².